The van der Waals surface area contributed by atoms with E-state index < -0.39 is 6.10 Å². The number of pyridine rings is 1. The summed E-state index contributed by atoms with van der Waals surface area (Å²) in [6.07, 6.45) is 4.79. The third-order valence-electron chi connectivity index (χ3n) is 6.11. The molecular weight excluding hydrogens is 430 g/mol. The Bertz CT molecular complexity index is 1380. The first-order valence-corrected chi connectivity index (χ1v) is 11.2. The number of nitrogens with zero attached hydrogens (tertiary/aromatic N) is 4. The lowest BCUT2D eigenvalue weighted by Crippen LogP contribution is -2.32. The number of ether oxygens (including phenoxy) is 3. The third kappa shape index (κ3) is 3.18. The van der Waals surface area contributed by atoms with Gasteiger partial charge in [0.05, 0.1) is 19.4 Å². The molecule has 2 aliphatic heterocycles. The fourth-order valence-corrected chi connectivity index (χ4v) is 4.67. The van der Waals surface area contributed by atoms with E-state index in [-0.39, 0.29) is 6.04 Å². The number of hydrogen-bond donors (Lipinski definition) is 1. The molecule has 0 bridgehead atoms. The van der Waals surface area contributed by atoms with Crippen LogP contribution in [0, 0.1) is 0 Å². The van der Waals surface area contributed by atoms with E-state index in [0.717, 1.165) is 33.7 Å². The van der Waals surface area contributed by atoms with Crippen LogP contribution < -0.4 is 19.5 Å². The van der Waals surface area contributed by atoms with E-state index >= 15 is 0 Å². The van der Waals surface area contributed by atoms with Gasteiger partial charge in [0.2, 0.25) is 5.95 Å². The molecule has 0 radical (unpaired) electrons. The predicted octanol–water partition coefficient (Wildman–Crippen LogP) is 4.64. The highest BCUT2D eigenvalue weighted by Crippen LogP contribution is 2.51. The Hall–Kier alpha value is -4.33. The Morgan fingerprint density at radius 1 is 1.06 bits per heavy atom. The average Bonchev–Trinajstić information content (AvgIpc) is 3.36. The van der Waals surface area contributed by atoms with Crippen molar-refractivity contribution in [1.82, 2.24) is 19.7 Å². The van der Waals surface area contributed by atoms with Crippen molar-refractivity contribution in [3.8, 4) is 17.2 Å². The molecule has 2 aromatic heterocycles. The van der Waals surface area contributed by atoms with Gasteiger partial charge in [-0.25, -0.2) is 4.68 Å². The lowest BCUT2D eigenvalue weighted by atomic mass is 9.85. The van der Waals surface area contributed by atoms with Crippen molar-refractivity contribution in [2.45, 2.75) is 19.1 Å². The molecule has 2 aliphatic rings. The molecule has 8 heteroatoms. The normalized spacial score (nSPS) is 18.2. The summed E-state index contributed by atoms with van der Waals surface area (Å²) in [5.74, 6) is 2.83. The van der Waals surface area contributed by atoms with Crippen LogP contribution in [0.5, 0.6) is 17.2 Å². The number of fused-ring (bicyclic) bond motifs is 3. The molecule has 0 amide bonds. The number of aromatic nitrogens is 4. The molecule has 0 saturated carbocycles. The van der Waals surface area contributed by atoms with Crippen molar-refractivity contribution in [2.75, 3.05) is 19.0 Å². The van der Waals surface area contributed by atoms with Crippen molar-refractivity contribution in [3.05, 3.63) is 95.6 Å². The molecule has 4 aromatic rings. The van der Waals surface area contributed by atoms with Gasteiger partial charge in [-0.15, -0.1) is 0 Å². The number of para-hydroxylation sites is 1. The first kappa shape index (κ1) is 20.3. The second-order valence-electron chi connectivity index (χ2n) is 8.01. The van der Waals surface area contributed by atoms with Gasteiger partial charge in [0, 0.05) is 29.1 Å². The molecule has 0 saturated heterocycles. The molecule has 4 heterocycles. The minimum Gasteiger partial charge on any atom is -0.493 e. The van der Waals surface area contributed by atoms with Crippen LogP contribution in [-0.2, 0) is 0 Å². The van der Waals surface area contributed by atoms with Gasteiger partial charge in [-0.1, -0.05) is 24.3 Å². The van der Waals surface area contributed by atoms with E-state index in [9.17, 15) is 0 Å². The van der Waals surface area contributed by atoms with E-state index in [2.05, 4.69) is 32.5 Å². The number of anilines is 1. The summed E-state index contributed by atoms with van der Waals surface area (Å²) < 4.78 is 19.9. The maximum Gasteiger partial charge on any atom is 0.226 e. The molecular formula is C26H23N5O3. The van der Waals surface area contributed by atoms with E-state index in [0.29, 0.717) is 24.1 Å². The summed E-state index contributed by atoms with van der Waals surface area (Å²) in [6.45, 7) is 2.51. The Kier molecular flexibility index (Phi) is 4.91. The molecule has 8 nitrogen and oxygen atoms in total. The number of rotatable bonds is 5. The van der Waals surface area contributed by atoms with Gasteiger partial charge in [0.25, 0.3) is 0 Å². The Labute approximate surface area is 196 Å². The quantitative estimate of drug-likeness (QED) is 0.471. The zero-order valence-electron chi connectivity index (χ0n) is 18.8. The summed E-state index contributed by atoms with van der Waals surface area (Å²) >= 11 is 0. The minimum absolute atomic E-state index is 0.252. The predicted molar refractivity (Wildman–Crippen MR) is 127 cm³/mol. The SMILES string of the molecule is CCOc1ccc(C2Oc3ccccc3C3=C2C(c2cccnc2)n2ncnc2N3)cc1OC. The van der Waals surface area contributed by atoms with Gasteiger partial charge in [-0.2, -0.15) is 10.1 Å². The Balaban J connectivity index is 1.58. The minimum atomic E-state index is -0.399. The maximum absolute atomic E-state index is 6.65. The highest BCUT2D eigenvalue weighted by molar-refractivity contribution is 5.85. The van der Waals surface area contributed by atoms with Crippen molar-refractivity contribution in [3.63, 3.8) is 0 Å². The number of methoxy groups -OCH3 is 1. The van der Waals surface area contributed by atoms with E-state index in [1.165, 1.54) is 0 Å². The highest BCUT2D eigenvalue weighted by Gasteiger charge is 2.41. The molecule has 2 aromatic carbocycles. The lowest BCUT2D eigenvalue weighted by Gasteiger charge is -2.38. The molecule has 0 aliphatic carbocycles. The standard InChI is InChI=1S/C26H23N5O3/c1-3-33-20-11-10-16(13-21(20)32-2)25-22-23(18-8-4-5-9-19(18)34-25)30-26-28-15-29-31(26)24(22)17-7-6-12-27-14-17/h4-15,24-25H,3H2,1-2H3,(H,28,29,30). The summed E-state index contributed by atoms with van der Waals surface area (Å²) in [7, 11) is 1.64. The van der Waals surface area contributed by atoms with Gasteiger partial charge >= 0.3 is 0 Å². The van der Waals surface area contributed by atoms with Crippen LogP contribution >= 0.6 is 0 Å². The van der Waals surface area contributed by atoms with Crippen LogP contribution in [0.25, 0.3) is 5.70 Å². The van der Waals surface area contributed by atoms with Crippen LogP contribution in [0.4, 0.5) is 5.95 Å². The monoisotopic (exact) mass is 453 g/mol. The molecule has 0 fully saturated rings. The van der Waals surface area contributed by atoms with E-state index in [1.807, 2.05) is 60.3 Å². The van der Waals surface area contributed by atoms with Crippen molar-refractivity contribution in [1.29, 1.82) is 0 Å². The molecule has 2 atom stereocenters. The largest absolute Gasteiger partial charge is 0.493 e. The van der Waals surface area contributed by atoms with Crippen molar-refractivity contribution in [2.24, 2.45) is 0 Å². The molecule has 0 spiro atoms. The average molecular weight is 454 g/mol. The van der Waals surface area contributed by atoms with Gasteiger partial charge in [-0.05, 0) is 42.8 Å². The van der Waals surface area contributed by atoms with E-state index in [1.54, 1.807) is 19.6 Å². The first-order valence-electron chi connectivity index (χ1n) is 11.2. The van der Waals surface area contributed by atoms with Gasteiger partial charge in [0.15, 0.2) is 11.5 Å². The van der Waals surface area contributed by atoms with Gasteiger partial charge < -0.3 is 19.5 Å². The van der Waals surface area contributed by atoms with Crippen molar-refractivity contribution < 1.29 is 14.2 Å². The number of benzene rings is 2. The van der Waals surface area contributed by atoms with Crippen LogP contribution in [0.3, 0.4) is 0 Å². The van der Waals surface area contributed by atoms with Gasteiger partial charge in [-0.3, -0.25) is 4.98 Å². The molecule has 34 heavy (non-hydrogen) atoms. The number of nitrogens with one attached hydrogen (secondary N) is 1. The maximum atomic E-state index is 6.65. The smallest absolute Gasteiger partial charge is 0.226 e. The van der Waals surface area contributed by atoms with Crippen molar-refractivity contribution >= 4 is 11.6 Å². The van der Waals surface area contributed by atoms with Crippen LogP contribution in [0.2, 0.25) is 0 Å². The fraction of sp³-hybridized carbons (Fsp3) is 0.192. The summed E-state index contributed by atoms with van der Waals surface area (Å²) in [5.41, 5.74) is 4.91. The second-order valence-corrected chi connectivity index (χ2v) is 8.01. The third-order valence-corrected chi connectivity index (χ3v) is 6.11. The summed E-state index contributed by atoms with van der Waals surface area (Å²) in [4.78, 5) is 8.84. The lowest BCUT2D eigenvalue weighted by molar-refractivity contribution is 0.222. The first-order chi connectivity index (χ1) is 16.8. The number of hydrogen-bond acceptors (Lipinski definition) is 7. The zero-order valence-corrected chi connectivity index (χ0v) is 18.8. The molecule has 6 rings (SSSR count). The summed E-state index contributed by atoms with van der Waals surface area (Å²) in [6, 6.07) is 17.7. The topological polar surface area (TPSA) is 83.3 Å². The van der Waals surface area contributed by atoms with Gasteiger partial charge in [0.1, 0.15) is 24.2 Å². The zero-order chi connectivity index (χ0) is 23.1. The fourth-order valence-electron chi connectivity index (χ4n) is 4.67. The molecule has 2 unspecified atom stereocenters. The Morgan fingerprint density at radius 3 is 2.79 bits per heavy atom. The Morgan fingerprint density at radius 2 is 1.97 bits per heavy atom. The summed E-state index contributed by atoms with van der Waals surface area (Å²) in [5, 5.41) is 8.05. The molecule has 170 valence electrons. The van der Waals surface area contributed by atoms with Crippen LogP contribution in [0.15, 0.2) is 78.9 Å². The highest BCUT2D eigenvalue weighted by atomic mass is 16.5. The molecule has 1 N–H and O–H groups in total. The van der Waals surface area contributed by atoms with Crippen LogP contribution in [-0.4, -0.2) is 33.5 Å². The van der Waals surface area contributed by atoms with E-state index in [4.69, 9.17) is 14.2 Å². The van der Waals surface area contributed by atoms with Crippen LogP contribution in [0.1, 0.15) is 35.8 Å². The second kappa shape index (κ2) is 8.22.